The van der Waals surface area contributed by atoms with Crippen LogP contribution >= 0.6 is 0 Å². The van der Waals surface area contributed by atoms with Crippen LogP contribution < -0.4 is 5.32 Å². The zero-order valence-corrected chi connectivity index (χ0v) is 14.6. The van der Waals surface area contributed by atoms with Crippen molar-refractivity contribution in [3.05, 3.63) is 42.1 Å². The van der Waals surface area contributed by atoms with E-state index in [2.05, 4.69) is 5.32 Å². The second-order valence-corrected chi connectivity index (χ2v) is 5.86. The molecule has 1 aliphatic rings. The SMILES string of the molecule is CCOC(=O)c1ccc(NC(=O)[C@@H]2CCCN2/C=C/C(=O)C(F)(F)F)cc1. The van der Waals surface area contributed by atoms with Gasteiger partial charge >= 0.3 is 12.1 Å². The Morgan fingerprint density at radius 2 is 1.93 bits per heavy atom. The average molecular weight is 384 g/mol. The normalized spacial score (nSPS) is 17.2. The van der Waals surface area contributed by atoms with E-state index < -0.39 is 29.9 Å². The molecule has 2 rings (SSSR count). The number of carbonyl (C=O) groups is 3. The van der Waals surface area contributed by atoms with Gasteiger partial charge in [-0.3, -0.25) is 9.59 Å². The summed E-state index contributed by atoms with van der Waals surface area (Å²) in [5, 5.41) is 2.66. The molecule has 1 atom stereocenters. The number of hydrogen-bond donors (Lipinski definition) is 1. The maximum atomic E-state index is 12.4. The second kappa shape index (κ2) is 8.70. The Hall–Kier alpha value is -2.84. The van der Waals surface area contributed by atoms with E-state index in [4.69, 9.17) is 4.74 Å². The molecule has 1 saturated heterocycles. The van der Waals surface area contributed by atoms with Crippen molar-refractivity contribution in [3.63, 3.8) is 0 Å². The summed E-state index contributed by atoms with van der Waals surface area (Å²) in [5.41, 5.74) is 0.779. The fourth-order valence-corrected chi connectivity index (χ4v) is 2.64. The van der Waals surface area contributed by atoms with Gasteiger partial charge in [0.1, 0.15) is 6.04 Å². The highest BCUT2D eigenvalue weighted by atomic mass is 19.4. The van der Waals surface area contributed by atoms with Crippen LogP contribution in [0.15, 0.2) is 36.5 Å². The molecular formula is C18H19F3N2O4. The molecule has 0 aliphatic carbocycles. The van der Waals surface area contributed by atoms with Crippen LogP contribution in [0.2, 0.25) is 0 Å². The summed E-state index contributed by atoms with van der Waals surface area (Å²) in [6.07, 6.45) is -2.42. The fraction of sp³-hybridized carbons (Fsp3) is 0.389. The Labute approximate surface area is 154 Å². The van der Waals surface area contributed by atoms with Crippen molar-refractivity contribution in [2.24, 2.45) is 0 Å². The summed E-state index contributed by atoms with van der Waals surface area (Å²) in [4.78, 5) is 36.4. The number of nitrogens with zero attached hydrogens (tertiary/aromatic N) is 1. The van der Waals surface area contributed by atoms with Gasteiger partial charge in [0.2, 0.25) is 5.91 Å². The first-order valence-corrected chi connectivity index (χ1v) is 8.35. The molecule has 0 bridgehead atoms. The van der Waals surface area contributed by atoms with Crippen molar-refractivity contribution in [2.45, 2.75) is 32.0 Å². The van der Waals surface area contributed by atoms with Gasteiger partial charge in [0.15, 0.2) is 0 Å². The van der Waals surface area contributed by atoms with Crippen LogP contribution in [0.5, 0.6) is 0 Å². The summed E-state index contributed by atoms with van der Waals surface area (Å²) in [6, 6.07) is 5.40. The predicted molar refractivity (Wildman–Crippen MR) is 91.0 cm³/mol. The fourth-order valence-electron chi connectivity index (χ4n) is 2.64. The number of alkyl halides is 3. The van der Waals surface area contributed by atoms with E-state index in [1.807, 2.05) is 0 Å². The summed E-state index contributed by atoms with van der Waals surface area (Å²) in [7, 11) is 0. The number of carbonyl (C=O) groups excluding carboxylic acids is 3. The molecule has 9 heteroatoms. The topological polar surface area (TPSA) is 75.7 Å². The van der Waals surface area contributed by atoms with E-state index >= 15 is 0 Å². The Balaban J connectivity index is 1.99. The first-order chi connectivity index (χ1) is 12.7. The summed E-state index contributed by atoms with van der Waals surface area (Å²) >= 11 is 0. The van der Waals surface area contributed by atoms with Gasteiger partial charge in [-0.15, -0.1) is 0 Å². The van der Waals surface area contributed by atoms with E-state index in [1.165, 1.54) is 29.2 Å². The van der Waals surface area contributed by atoms with Crippen molar-refractivity contribution in [1.29, 1.82) is 0 Å². The van der Waals surface area contributed by atoms with Crippen molar-refractivity contribution >= 4 is 23.3 Å². The molecule has 0 aromatic heterocycles. The number of esters is 1. The number of amides is 1. The number of benzene rings is 1. The molecule has 0 radical (unpaired) electrons. The first-order valence-electron chi connectivity index (χ1n) is 8.35. The Morgan fingerprint density at radius 3 is 2.52 bits per heavy atom. The van der Waals surface area contributed by atoms with Gasteiger partial charge in [0, 0.05) is 24.5 Å². The highest BCUT2D eigenvalue weighted by Crippen LogP contribution is 2.21. The van der Waals surface area contributed by atoms with Crippen molar-refractivity contribution in [1.82, 2.24) is 4.90 Å². The highest BCUT2D eigenvalue weighted by molar-refractivity contribution is 5.97. The number of ketones is 1. The number of ether oxygens (including phenoxy) is 1. The second-order valence-electron chi connectivity index (χ2n) is 5.86. The zero-order valence-electron chi connectivity index (χ0n) is 14.6. The molecular weight excluding hydrogens is 365 g/mol. The maximum Gasteiger partial charge on any atom is 0.454 e. The third-order valence-electron chi connectivity index (χ3n) is 3.96. The van der Waals surface area contributed by atoms with Gasteiger partial charge in [0.25, 0.3) is 5.78 Å². The molecule has 146 valence electrons. The van der Waals surface area contributed by atoms with Gasteiger partial charge in [-0.05, 0) is 44.0 Å². The smallest absolute Gasteiger partial charge is 0.454 e. The number of anilines is 1. The Kier molecular flexibility index (Phi) is 6.59. The first kappa shape index (κ1) is 20.5. The predicted octanol–water partition coefficient (Wildman–Crippen LogP) is 2.91. The number of hydrogen-bond acceptors (Lipinski definition) is 5. The number of rotatable bonds is 6. The van der Waals surface area contributed by atoms with E-state index in [0.29, 0.717) is 36.7 Å². The van der Waals surface area contributed by atoms with Gasteiger partial charge in [0.05, 0.1) is 12.2 Å². The molecule has 1 aliphatic heterocycles. The quantitative estimate of drug-likeness (QED) is 0.603. The number of halogens is 3. The zero-order chi connectivity index (χ0) is 20.0. The monoisotopic (exact) mass is 384 g/mol. The maximum absolute atomic E-state index is 12.4. The molecule has 0 unspecified atom stereocenters. The van der Waals surface area contributed by atoms with E-state index in [-0.39, 0.29) is 6.61 Å². The lowest BCUT2D eigenvalue weighted by Crippen LogP contribution is -2.36. The minimum absolute atomic E-state index is 0.249. The van der Waals surface area contributed by atoms with Crippen LogP contribution in [-0.2, 0) is 14.3 Å². The molecule has 27 heavy (non-hydrogen) atoms. The van der Waals surface area contributed by atoms with E-state index in [1.54, 1.807) is 6.92 Å². The van der Waals surface area contributed by atoms with Crippen LogP contribution in [-0.4, -0.2) is 47.9 Å². The van der Waals surface area contributed by atoms with Crippen LogP contribution in [0.25, 0.3) is 0 Å². The molecule has 1 aromatic carbocycles. The molecule has 1 heterocycles. The molecule has 1 fully saturated rings. The van der Waals surface area contributed by atoms with Gasteiger partial charge in [-0.2, -0.15) is 13.2 Å². The molecule has 1 N–H and O–H groups in total. The minimum Gasteiger partial charge on any atom is -0.462 e. The van der Waals surface area contributed by atoms with E-state index in [9.17, 15) is 27.6 Å². The number of nitrogens with one attached hydrogen (secondary N) is 1. The van der Waals surface area contributed by atoms with Crippen LogP contribution in [0.4, 0.5) is 18.9 Å². The Bertz CT molecular complexity index is 729. The van der Waals surface area contributed by atoms with Gasteiger partial charge < -0.3 is 15.0 Å². The summed E-state index contributed by atoms with van der Waals surface area (Å²) in [6.45, 7) is 2.32. The van der Waals surface area contributed by atoms with Gasteiger partial charge in [-0.25, -0.2) is 4.79 Å². The molecule has 6 nitrogen and oxygen atoms in total. The average Bonchev–Trinajstić information content (AvgIpc) is 3.08. The lowest BCUT2D eigenvalue weighted by molar-refractivity contribution is -0.165. The molecule has 1 aromatic rings. The minimum atomic E-state index is -4.94. The largest absolute Gasteiger partial charge is 0.462 e. The molecule has 1 amide bonds. The van der Waals surface area contributed by atoms with E-state index in [0.717, 1.165) is 6.20 Å². The van der Waals surface area contributed by atoms with Crippen LogP contribution in [0, 0.1) is 0 Å². The lowest BCUT2D eigenvalue weighted by Gasteiger charge is -2.22. The number of allylic oxidation sites excluding steroid dienone is 1. The summed E-state index contributed by atoms with van der Waals surface area (Å²) in [5.74, 6) is -2.85. The van der Waals surface area contributed by atoms with Gasteiger partial charge in [-0.1, -0.05) is 0 Å². The third kappa shape index (κ3) is 5.57. The van der Waals surface area contributed by atoms with Crippen molar-refractivity contribution < 1.29 is 32.3 Å². The van der Waals surface area contributed by atoms with Crippen LogP contribution in [0.1, 0.15) is 30.1 Å². The lowest BCUT2D eigenvalue weighted by atomic mass is 10.1. The standard InChI is InChI=1S/C18H19F3N2O4/c1-2-27-17(26)12-5-7-13(8-6-12)22-16(25)14-4-3-10-23(14)11-9-15(24)18(19,20)21/h5-9,11,14H,2-4,10H2,1H3,(H,22,25)/b11-9+/t14-/m0/s1. The van der Waals surface area contributed by atoms with Crippen molar-refractivity contribution in [3.8, 4) is 0 Å². The third-order valence-corrected chi connectivity index (χ3v) is 3.96. The highest BCUT2D eigenvalue weighted by Gasteiger charge is 2.37. The molecule has 0 spiro atoms. The molecule has 0 saturated carbocycles. The summed E-state index contributed by atoms with van der Waals surface area (Å²) < 4.78 is 41.7. The number of likely N-dealkylation sites (tertiary alicyclic amines) is 1. The van der Waals surface area contributed by atoms with Crippen LogP contribution in [0.3, 0.4) is 0 Å². The van der Waals surface area contributed by atoms with Crippen molar-refractivity contribution in [2.75, 3.05) is 18.5 Å². The Morgan fingerprint density at radius 1 is 1.26 bits per heavy atom.